The molecule has 6 heteroatoms. The van der Waals surface area contributed by atoms with E-state index >= 15 is 0 Å². The van der Waals surface area contributed by atoms with E-state index in [1.165, 1.54) is 24.3 Å². The molecular formula is C15H10N2O2S2. The summed E-state index contributed by atoms with van der Waals surface area (Å²) in [5.74, 6) is 0. The minimum absolute atomic E-state index is 0.131. The highest BCUT2D eigenvalue weighted by Crippen LogP contribution is 2.25. The molecule has 1 aromatic heterocycles. The maximum absolute atomic E-state index is 12.3. The monoisotopic (exact) mass is 314 g/mol. The van der Waals surface area contributed by atoms with Gasteiger partial charge in [-0.3, -0.25) is 4.72 Å². The molecule has 21 heavy (non-hydrogen) atoms. The van der Waals surface area contributed by atoms with Crippen LogP contribution in [0.4, 0.5) is 5.69 Å². The zero-order chi connectivity index (χ0) is 14.9. The van der Waals surface area contributed by atoms with Crippen LogP contribution in [0.5, 0.6) is 0 Å². The molecule has 0 radical (unpaired) electrons. The third-order valence-electron chi connectivity index (χ3n) is 3.00. The van der Waals surface area contributed by atoms with E-state index in [4.69, 9.17) is 5.26 Å². The third kappa shape index (κ3) is 2.75. The quantitative estimate of drug-likeness (QED) is 0.803. The first-order valence-corrected chi connectivity index (χ1v) is 8.45. The Morgan fingerprint density at radius 2 is 1.81 bits per heavy atom. The van der Waals surface area contributed by atoms with Gasteiger partial charge < -0.3 is 0 Å². The van der Waals surface area contributed by atoms with Gasteiger partial charge >= 0.3 is 0 Å². The Kier molecular flexibility index (Phi) is 3.37. The highest BCUT2D eigenvalue weighted by molar-refractivity contribution is 7.92. The van der Waals surface area contributed by atoms with Gasteiger partial charge in [0.1, 0.15) is 0 Å². The van der Waals surface area contributed by atoms with Crippen molar-refractivity contribution in [2.24, 2.45) is 0 Å². The summed E-state index contributed by atoms with van der Waals surface area (Å²) in [4.78, 5) is 0.131. The van der Waals surface area contributed by atoms with Gasteiger partial charge in [0.05, 0.1) is 16.5 Å². The Bertz CT molecular complexity index is 936. The second-order valence-corrected chi connectivity index (χ2v) is 7.04. The van der Waals surface area contributed by atoms with Crippen molar-refractivity contribution in [3.05, 3.63) is 59.5 Å². The lowest BCUT2D eigenvalue weighted by molar-refractivity contribution is 0.601. The van der Waals surface area contributed by atoms with Crippen LogP contribution in [0.2, 0.25) is 0 Å². The number of anilines is 1. The van der Waals surface area contributed by atoms with Crippen molar-refractivity contribution in [3.63, 3.8) is 0 Å². The smallest absolute Gasteiger partial charge is 0.261 e. The Morgan fingerprint density at radius 3 is 2.52 bits per heavy atom. The molecule has 2 aromatic carbocycles. The van der Waals surface area contributed by atoms with Gasteiger partial charge in [0.25, 0.3) is 10.0 Å². The fourth-order valence-electron chi connectivity index (χ4n) is 1.95. The van der Waals surface area contributed by atoms with Gasteiger partial charge in [0.2, 0.25) is 0 Å². The number of hydrogen-bond acceptors (Lipinski definition) is 4. The van der Waals surface area contributed by atoms with Gasteiger partial charge in [-0.15, -0.1) is 11.3 Å². The molecule has 1 N–H and O–H groups in total. The van der Waals surface area contributed by atoms with Crippen LogP contribution < -0.4 is 4.72 Å². The maximum atomic E-state index is 12.3. The van der Waals surface area contributed by atoms with E-state index in [9.17, 15) is 8.42 Å². The molecule has 0 saturated carbocycles. The Labute approximate surface area is 126 Å². The number of nitriles is 1. The summed E-state index contributed by atoms with van der Waals surface area (Å²) in [6.07, 6.45) is 0. The predicted octanol–water partition coefficient (Wildman–Crippen LogP) is 3.57. The van der Waals surface area contributed by atoms with Crippen LogP contribution in [0, 0.1) is 11.3 Å². The molecule has 0 aliphatic carbocycles. The van der Waals surface area contributed by atoms with Crippen molar-refractivity contribution in [3.8, 4) is 6.07 Å². The first kappa shape index (κ1) is 13.6. The number of hydrogen-bond donors (Lipinski definition) is 1. The van der Waals surface area contributed by atoms with Crippen molar-refractivity contribution >= 4 is 37.1 Å². The second kappa shape index (κ2) is 5.20. The van der Waals surface area contributed by atoms with Crippen molar-refractivity contribution in [2.45, 2.75) is 4.90 Å². The van der Waals surface area contributed by atoms with Crippen molar-refractivity contribution in [2.75, 3.05) is 4.72 Å². The maximum Gasteiger partial charge on any atom is 0.261 e. The lowest BCUT2D eigenvalue weighted by Gasteiger charge is -2.08. The lowest BCUT2D eigenvalue weighted by atomic mass is 10.2. The summed E-state index contributed by atoms with van der Waals surface area (Å²) < 4.78 is 28.2. The number of thiophene rings is 1. The number of nitrogens with zero attached hydrogens (tertiary/aromatic N) is 1. The molecule has 0 saturated heterocycles. The van der Waals surface area contributed by atoms with Gasteiger partial charge in [-0.25, -0.2) is 8.42 Å². The number of rotatable bonds is 3. The SMILES string of the molecule is N#Cc1ccc(S(=O)(=O)Nc2ccc3sccc3c2)cc1. The zero-order valence-electron chi connectivity index (χ0n) is 10.8. The molecule has 4 nitrogen and oxygen atoms in total. The van der Waals surface area contributed by atoms with E-state index in [0.29, 0.717) is 11.3 Å². The summed E-state index contributed by atoms with van der Waals surface area (Å²) in [6.45, 7) is 0. The summed E-state index contributed by atoms with van der Waals surface area (Å²) in [5, 5.41) is 11.7. The minimum Gasteiger partial charge on any atom is -0.280 e. The van der Waals surface area contributed by atoms with E-state index in [1.807, 2.05) is 23.6 Å². The average molecular weight is 314 g/mol. The van der Waals surface area contributed by atoms with Crippen LogP contribution >= 0.6 is 11.3 Å². The molecule has 0 fully saturated rings. The summed E-state index contributed by atoms with van der Waals surface area (Å²) in [7, 11) is -3.65. The van der Waals surface area contributed by atoms with Crippen LogP contribution in [-0.4, -0.2) is 8.42 Å². The largest absolute Gasteiger partial charge is 0.280 e. The highest BCUT2D eigenvalue weighted by Gasteiger charge is 2.14. The van der Waals surface area contributed by atoms with Crippen LogP contribution in [0.1, 0.15) is 5.56 Å². The lowest BCUT2D eigenvalue weighted by Crippen LogP contribution is -2.12. The topological polar surface area (TPSA) is 70.0 Å². The first-order valence-electron chi connectivity index (χ1n) is 6.09. The molecule has 104 valence electrons. The van der Waals surface area contributed by atoms with E-state index in [2.05, 4.69) is 4.72 Å². The molecule has 0 spiro atoms. The molecule has 0 bridgehead atoms. The number of nitrogens with one attached hydrogen (secondary N) is 1. The molecule has 1 heterocycles. The van der Waals surface area contributed by atoms with Crippen molar-refractivity contribution < 1.29 is 8.42 Å². The molecule has 0 amide bonds. The molecular weight excluding hydrogens is 304 g/mol. The van der Waals surface area contributed by atoms with Crippen LogP contribution in [-0.2, 0) is 10.0 Å². The summed E-state index contributed by atoms with van der Waals surface area (Å²) in [5.41, 5.74) is 0.943. The Balaban J connectivity index is 1.92. The number of sulfonamides is 1. The van der Waals surface area contributed by atoms with E-state index in [0.717, 1.165) is 10.1 Å². The van der Waals surface area contributed by atoms with Crippen LogP contribution in [0.25, 0.3) is 10.1 Å². The molecule has 0 atom stereocenters. The highest BCUT2D eigenvalue weighted by atomic mass is 32.2. The van der Waals surface area contributed by atoms with Gasteiger partial charge in [-0.05, 0) is 59.3 Å². The molecule has 0 unspecified atom stereocenters. The number of benzene rings is 2. The Morgan fingerprint density at radius 1 is 1.05 bits per heavy atom. The van der Waals surface area contributed by atoms with Gasteiger partial charge in [0, 0.05) is 10.4 Å². The standard InChI is InChI=1S/C15H10N2O2S2/c16-10-11-1-4-14(5-2-11)21(18,19)17-13-3-6-15-12(9-13)7-8-20-15/h1-9,17H. The van der Waals surface area contributed by atoms with Crippen LogP contribution in [0.15, 0.2) is 58.8 Å². The van der Waals surface area contributed by atoms with E-state index in [-0.39, 0.29) is 4.90 Å². The molecule has 0 aliphatic heterocycles. The summed E-state index contributed by atoms with van der Waals surface area (Å²) in [6, 6.07) is 15.1. The summed E-state index contributed by atoms with van der Waals surface area (Å²) >= 11 is 1.61. The fraction of sp³-hybridized carbons (Fsp3) is 0. The average Bonchev–Trinajstić information content (AvgIpc) is 2.94. The predicted molar refractivity (Wildman–Crippen MR) is 83.8 cm³/mol. The fourth-order valence-corrected chi connectivity index (χ4v) is 3.77. The molecule has 3 rings (SSSR count). The van der Waals surface area contributed by atoms with Gasteiger partial charge in [-0.2, -0.15) is 5.26 Å². The zero-order valence-corrected chi connectivity index (χ0v) is 12.4. The van der Waals surface area contributed by atoms with E-state index in [1.54, 1.807) is 23.5 Å². The van der Waals surface area contributed by atoms with Crippen molar-refractivity contribution in [1.29, 1.82) is 5.26 Å². The van der Waals surface area contributed by atoms with Crippen LogP contribution in [0.3, 0.4) is 0 Å². The number of fused-ring (bicyclic) bond motifs is 1. The second-order valence-electron chi connectivity index (χ2n) is 4.41. The molecule has 0 aliphatic rings. The van der Waals surface area contributed by atoms with E-state index < -0.39 is 10.0 Å². The minimum atomic E-state index is -3.65. The molecule has 3 aromatic rings. The normalized spacial score (nSPS) is 11.2. The first-order chi connectivity index (χ1) is 10.1. The van der Waals surface area contributed by atoms with Gasteiger partial charge in [-0.1, -0.05) is 0 Å². The van der Waals surface area contributed by atoms with Gasteiger partial charge in [0.15, 0.2) is 0 Å². The third-order valence-corrected chi connectivity index (χ3v) is 5.29. The Hall–Kier alpha value is -2.36. The van der Waals surface area contributed by atoms with Crippen molar-refractivity contribution in [1.82, 2.24) is 0 Å².